The second-order valence-electron chi connectivity index (χ2n) is 5.47. The highest BCUT2D eigenvalue weighted by molar-refractivity contribution is 7.71. The molecule has 1 fully saturated rings. The number of hydrogen-bond donors (Lipinski definition) is 1. The van der Waals surface area contributed by atoms with Crippen molar-refractivity contribution in [3.63, 3.8) is 0 Å². The van der Waals surface area contributed by atoms with Crippen molar-refractivity contribution in [3.8, 4) is 10.7 Å². The molecule has 2 aromatic heterocycles. The number of hydrogen-bond acceptors (Lipinski definition) is 5. The number of H-pyrrole nitrogens is 1. The zero-order valence-electron chi connectivity index (χ0n) is 12.0. The summed E-state index contributed by atoms with van der Waals surface area (Å²) in [6.45, 7) is 6.58. The average Bonchev–Trinajstić information content (AvgIpc) is 3.10. The first-order valence-corrected chi connectivity index (χ1v) is 8.18. The summed E-state index contributed by atoms with van der Waals surface area (Å²) < 4.78 is 2.56. The predicted molar refractivity (Wildman–Crippen MR) is 85.0 cm³/mol. The molecule has 7 heteroatoms. The lowest BCUT2D eigenvalue weighted by atomic mass is 10.1. The smallest absolute Gasteiger partial charge is 0.195 e. The molecule has 1 aliphatic heterocycles. The van der Waals surface area contributed by atoms with Gasteiger partial charge in [0, 0.05) is 20.1 Å². The molecule has 0 aliphatic carbocycles. The minimum absolute atomic E-state index is 0.378. The van der Waals surface area contributed by atoms with Gasteiger partial charge < -0.3 is 9.47 Å². The van der Waals surface area contributed by atoms with Crippen LogP contribution in [0.5, 0.6) is 0 Å². The van der Waals surface area contributed by atoms with Crippen molar-refractivity contribution in [1.82, 2.24) is 19.7 Å². The summed E-state index contributed by atoms with van der Waals surface area (Å²) in [5.74, 6) is 1.27. The molecule has 0 spiro atoms. The topological polar surface area (TPSA) is 49.7 Å². The predicted octanol–water partition coefficient (Wildman–Crippen LogP) is 3.32. The highest BCUT2D eigenvalue weighted by Crippen LogP contribution is 2.38. The van der Waals surface area contributed by atoms with Crippen LogP contribution in [-0.2, 0) is 7.05 Å². The van der Waals surface area contributed by atoms with Crippen molar-refractivity contribution in [2.24, 2.45) is 7.05 Å². The van der Waals surface area contributed by atoms with Crippen LogP contribution in [0, 0.1) is 4.77 Å². The normalized spacial score (nSPS) is 15.5. The highest BCUT2D eigenvalue weighted by atomic mass is 32.1. The molecule has 5 nitrogen and oxygen atoms in total. The number of aromatic amines is 1. The van der Waals surface area contributed by atoms with E-state index >= 15 is 0 Å². The van der Waals surface area contributed by atoms with Crippen molar-refractivity contribution in [1.29, 1.82) is 0 Å². The van der Waals surface area contributed by atoms with Gasteiger partial charge in [-0.25, -0.2) is 4.98 Å². The fourth-order valence-corrected chi connectivity index (χ4v) is 3.90. The molecule has 1 N–H and O–H groups in total. The number of nitrogens with zero attached hydrogens (tertiary/aromatic N) is 4. The van der Waals surface area contributed by atoms with Crippen LogP contribution in [0.15, 0.2) is 0 Å². The summed E-state index contributed by atoms with van der Waals surface area (Å²) >= 11 is 6.95. The molecule has 20 heavy (non-hydrogen) atoms. The van der Waals surface area contributed by atoms with Gasteiger partial charge in [-0.15, -0.1) is 0 Å². The lowest BCUT2D eigenvalue weighted by molar-refractivity contribution is 0.820. The molecular formula is C13H19N5S2. The maximum atomic E-state index is 5.22. The molecule has 108 valence electrons. The zero-order valence-corrected chi connectivity index (χ0v) is 13.6. The summed E-state index contributed by atoms with van der Waals surface area (Å²) in [4.78, 5) is 8.37. The van der Waals surface area contributed by atoms with Crippen LogP contribution in [0.1, 0.15) is 38.3 Å². The van der Waals surface area contributed by atoms with Crippen molar-refractivity contribution in [2.45, 2.75) is 32.6 Å². The molecule has 0 aromatic carbocycles. The van der Waals surface area contributed by atoms with Gasteiger partial charge in [0.25, 0.3) is 0 Å². The van der Waals surface area contributed by atoms with Gasteiger partial charge in [0.2, 0.25) is 0 Å². The van der Waals surface area contributed by atoms with E-state index in [0.717, 1.165) is 34.6 Å². The van der Waals surface area contributed by atoms with Gasteiger partial charge in [0.1, 0.15) is 0 Å². The Labute approximate surface area is 127 Å². The van der Waals surface area contributed by atoms with E-state index in [0.29, 0.717) is 10.7 Å². The van der Waals surface area contributed by atoms with Gasteiger partial charge in [0.05, 0.1) is 10.6 Å². The first-order chi connectivity index (χ1) is 9.58. The van der Waals surface area contributed by atoms with Crippen LogP contribution in [0.2, 0.25) is 0 Å². The standard InChI is InChI=1S/C13H19N5S2/c1-8(2)9-10(11-15-16-12(19)17(11)3)20-13(14-9)18-6-4-5-7-18/h8H,4-7H2,1-3H3,(H,16,19). The van der Waals surface area contributed by atoms with E-state index in [1.165, 1.54) is 12.8 Å². The van der Waals surface area contributed by atoms with Crippen LogP contribution in [0.3, 0.4) is 0 Å². The molecule has 1 saturated heterocycles. The number of anilines is 1. The lowest BCUT2D eigenvalue weighted by Gasteiger charge is -2.12. The Morgan fingerprint density at radius 2 is 2.00 bits per heavy atom. The quantitative estimate of drug-likeness (QED) is 0.884. The molecule has 1 aliphatic rings. The Morgan fingerprint density at radius 3 is 2.55 bits per heavy atom. The first kappa shape index (κ1) is 13.8. The van der Waals surface area contributed by atoms with Crippen LogP contribution < -0.4 is 4.90 Å². The van der Waals surface area contributed by atoms with E-state index in [1.807, 2.05) is 11.6 Å². The van der Waals surface area contributed by atoms with Crippen molar-refractivity contribution >= 4 is 28.7 Å². The fraction of sp³-hybridized carbons (Fsp3) is 0.615. The molecule has 3 rings (SSSR count). The second-order valence-corrected chi connectivity index (χ2v) is 6.84. The van der Waals surface area contributed by atoms with E-state index in [9.17, 15) is 0 Å². The number of aromatic nitrogens is 4. The molecule has 0 bridgehead atoms. The Balaban J connectivity index is 2.09. The van der Waals surface area contributed by atoms with E-state index in [2.05, 4.69) is 28.9 Å². The molecule has 0 saturated carbocycles. The van der Waals surface area contributed by atoms with Crippen molar-refractivity contribution < 1.29 is 0 Å². The Kier molecular flexibility index (Phi) is 3.64. The van der Waals surface area contributed by atoms with Gasteiger partial charge in [-0.3, -0.25) is 5.10 Å². The molecule has 2 aromatic rings. The first-order valence-electron chi connectivity index (χ1n) is 6.95. The molecular weight excluding hydrogens is 290 g/mol. The van der Waals surface area contributed by atoms with E-state index in [1.54, 1.807) is 11.3 Å². The van der Waals surface area contributed by atoms with Crippen molar-refractivity contribution in [2.75, 3.05) is 18.0 Å². The third-order valence-electron chi connectivity index (χ3n) is 3.65. The average molecular weight is 309 g/mol. The van der Waals surface area contributed by atoms with Crippen LogP contribution in [0.25, 0.3) is 10.7 Å². The summed E-state index contributed by atoms with van der Waals surface area (Å²) in [5.41, 5.74) is 1.12. The van der Waals surface area contributed by atoms with Crippen LogP contribution >= 0.6 is 23.6 Å². The Hall–Kier alpha value is -1.21. The van der Waals surface area contributed by atoms with Gasteiger partial charge in [-0.1, -0.05) is 25.2 Å². The maximum absolute atomic E-state index is 5.22. The summed E-state index contributed by atoms with van der Waals surface area (Å²) in [7, 11) is 1.94. The molecule has 3 heterocycles. The number of nitrogens with one attached hydrogen (secondary N) is 1. The molecule has 0 radical (unpaired) electrons. The summed E-state index contributed by atoms with van der Waals surface area (Å²) in [6, 6.07) is 0. The molecule has 0 unspecified atom stereocenters. The molecule has 0 atom stereocenters. The highest BCUT2D eigenvalue weighted by Gasteiger charge is 2.23. The third-order valence-corrected chi connectivity index (χ3v) is 5.14. The monoisotopic (exact) mass is 309 g/mol. The minimum Gasteiger partial charge on any atom is -0.348 e. The minimum atomic E-state index is 0.378. The van der Waals surface area contributed by atoms with Crippen molar-refractivity contribution in [3.05, 3.63) is 10.5 Å². The SMILES string of the molecule is CC(C)c1nc(N2CCCC2)sc1-c1n[nH]c(=S)n1C. The fourth-order valence-electron chi connectivity index (χ4n) is 2.47. The number of thiazole rings is 1. The van der Waals surface area contributed by atoms with Gasteiger partial charge in [-0.2, -0.15) is 5.10 Å². The zero-order chi connectivity index (χ0) is 14.3. The largest absolute Gasteiger partial charge is 0.348 e. The third kappa shape index (κ3) is 2.29. The summed E-state index contributed by atoms with van der Waals surface area (Å²) in [6.07, 6.45) is 2.52. The summed E-state index contributed by atoms with van der Waals surface area (Å²) in [5, 5.41) is 8.35. The number of rotatable bonds is 3. The van der Waals surface area contributed by atoms with Gasteiger partial charge in [-0.05, 0) is 31.0 Å². The van der Waals surface area contributed by atoms with E-state index < -0.39 is 0 Å². The van der Waals surface area contributed by atoms with Crippen LogP contribution in [-0.4, -0.2) is 32.8 Å². The van der Waals surface area contributed by atoms with Gasteiger partial charge >= 0.3 is 0 Å². The van der Waals surface area contributed by atoms with E-state index in [-0.39, 0.29) is 0 Å². The Morgan fingerprint density at radius 1 is 1.30 bits per heavy atom. The van der Waals surface area contributed by atoms with Crippen LogP contribution in [0.4, 0.5) is 5.13 Å². The maximum Gasteiger partial charge on any atom is 0.195 e. The molecule has 0 amide bonds. The van der Waals surface area contributed by atoms with E-state index in [4.69, 9.17) is 17.2 Å². The Bertz CT molecular complexity index is 661. The van der Waals surface area contributed by atoms with Gasteiger partial charge in [0.15, 0.2) is 15.7 Å². The second kappa shape index (κ2) is 5.29. The lowest BCUT2D eigenvalue weighted by Crippen LogP contribution is -2.17.